The van der Waals surface area contributed by atoms with Crippen LogP contribution in [0.15, 0.2) is 60.0 Å². The van der Waals surface area contributed by atoms with Crippen molar-refractivity contribution in [3.05, 3.63) is 60.7 Å². The molecule has 0 bridgehead atoms. The molecule has 0 saturated carbocycles. The predicted molar refractivity (Wildman–Crippen MR) is 108 cm³/mol. The summed E-state index contributed by atoms with van der Waals surface area (Å²) >= 11 is 0. The van der Waals surface area contributed by atoms with Crippen LogP contribution >= 0.6 is 0 Å². The Labute approximate surface area is 165 Å². The number of nitrogens with zero attached hydrogens (tertiary/aromatic N) is 1. The van der Waals surface area contributed by atoms with E-state index >= 15 is 0 Å². The molecule has 2 rings (SSSR count). The first-order chi connectivity index (χ1) is 13.3. The van der Waals surface area contributed by atoms with Crippen molar-refractivity contribution in [3.8, 4) is 11.5 Å². The molecule has 2 aromatic rings. The van der Waals surface area contributed by atoms with Gasteiger partial charge in [-0.1, -0.05) is 18.2 Å². The second-order valence-electron chi connectivity index (χ2n) is 5.94. The minimum Gasteiger partial charge on any atom is -0.493 e. The highest BCUT2D eigenvalue weighted by atomic mass is 32.2. The van der Waals surface area contributed by atoms with Crippen LogP contribution in [-0.2, 0) is 21.4 Å². The maximum absolute atomic E-state index is 13.1. The molecule has 0 atom stereocenters. The van der Waals surface area contributed by atoms with E-state index in [1.54, 1.807) is 30.3 Å². The molecule has 0 saturated heterocycles. The van der Waals surface area contributed by atoms with Crippen molar-refractivity contribution < 1.29 is 22.7 Å². The van der Waals surface area contributed by atoms with Gasteiger partial charge in [0, 0.05) is 31.3 Å². The highest BCUT2D eigenvalue weighted by Crippen LogP contribution is 2.32. The van der Waals surface area contributed by atoms with Gasteiger partial charge in [-0.2, -0.15) is 4.31 Å². The molecule has 0 heterocycles. The Hall–Kier alpha value is -2.84. The molecular formula is C20H24N2O5S. The van der Waals surface area contributed by atoms with Crippen molar-refractivity contribution in [2.75, 3.05) is 26.1 Å². The molecular weight excluding hydrogens is 380 g/mol. The number of nitrogens with one attached hydrogen (secondary N) is 1. The zero-order valence-corrected chi connectivity index (χ0v) is 17.0. The van der Waals surface area contributed by atoms with E-state index < -0.39 is 10.0 Å². The summed E-state index contributed by atoms with van der Waals surface area (Å²) in [6.07, 6.45) is 1.52. The zero-order chi connectivity index (χ0) is 20.7. The van der Waals surface area contributed by atoms with Gasteiger partial charge in [-0.15, -0.1) is 6.58 Å². The molecule has 1 amide bonds. The Morgan fingerprint density at radius 2 is 1.82 bits per heavy atom. The summed E-state index contributed by atoms with van der Waals surface area (Å²) < 4.78 is 38.3. The first kappa shape index (κ1) is 21.5. The zero-order valence-electron chi connectivity index (χ0n) is 16.1. The number of benzene rings is 2. The molecule has 28 heavy (non-hydrogen) atoms. The van der Waals surface area contributed by atoms with Gasteiger partial charge < -0.3 is 14.8 Å². The maximum Gasteiger partial charge on any atom is 0.243 e. The number of hydrogen-bond donors (Lipinski definition) is 1. The number of para-hydroxylation sites is 1. The molecule has 0 fully saturated rings. The monoisotopic (exact) mass is 404 g/mol. The van der Waals surface area contributed by atoms with Gasteiger partial charge in [0.15, 0.2) is 11.5 Å². The number of carbonyl (C=O) groups excluding carboxylic acids is 1. The maximum atomic E-state index is 13.1. The number of ether oxygens (including phenoxy) is 2. The first-order valence-corrected chi connectivity index (χ1v) is 9.96. The van der Waals surface area contributed by atoms with Gasteiger partial charge in [0.2, 0.25) is 15.9 Å². The summed E-state index contributed by atoms with van der Waals surface area (Å²) in [6.45, 7) is 5.26. The van der Waals surface area contributed by atoms with Crippen LogP contribution in [0.3, 0.4) is 0 Å². The molecule has 0 spiro atoms. The molecule has 7 nitrogen and oxygen atoms in total. The van der Waals surface area contributed by atoms with E-state index in [0.717, 1.165) is 0 Å². The minimum atomic E-state index is -3.80. The topological polar surface area (TPSA) is 84.9 Å². The third-order valence-electron chi connectivity index (χ3n) is 3.98. The molecule has 8 heteroatoms. The quantitative estimate of drug-likeness (QED) is 0.650. The Kier molecular flexibility index (Phi) is 7.19. The summed E-state index contributed by atoms with van der Waals surface area (Å²) in [4.78, 5) is 11.2. The van der Waals surface area contributed by atoms with Gasteiger partial charge >= 0.3 is 0 Å². The predicted octanol–water partition coefficient (Wildman–Crippen LogP) is 3.04. The number of anilines is 1. The van der Waals surface area contributed by atoms with Gasteiger partial charge in [0.1, 0.15) is 0 Å². The molecule has 0 aliphatic heterocycles. The van der Waals surface area contributed by atoms with Crippen LogP contribution in [0.4, 0.5) is 5.69 Å². The molecule has 0 aliphatic carbocycles. The molecule has 0 unspecified atom stereocenters. The van der Waals surface area contributed by atoms with Gasteiger partial charge in [0.05, 0.1) is 19.1 Å². The van der Waals surface area contributed by atoms with Crippen molar-refractivity contribution in [2.45, 2.75) is 18.4 Å². The second kappa shape index (κ2) is 9.38. The van der Waals surface area contributed by atoms with Crippen LogP contribution in [0.2, 0.25) is 0 Å². The highest BCUT2D eigenvalue weighted by molar-refractivity contribution is 7.89. The van der Waals surface area contributed by atoms with Gasteiger partial charge in [-0.3, -0.25) is 4.79 Å². The van der Waals surface area contributed by atoms with Crippen LogP contribution in [0.5, 0.6) is 11.5 Å². The Morgan fingerprint density at radius 1 is 1.14 bits per heavy atom. The Bertz CT molecular complexity index is 940. The molecule has 0 aliphatic rings. The number of rotatable bonds is 9. The van der Waals surface area contributed by atoms with Crippen LogP contribution in [0.1, 0.15) is 12.5 Å². The average Bonchev–Trinajstić information content (AvgIpc) is 2.67. The van der Waals surface area contributed by atoms with Crippen molar-refractivity contribution in [2.24, 2.45) is 0 Å². The third kappa shape index (κ3) is 4.90. The number of carbonyl (C=O) groups is 1. The lowest BCUT2D eigenvalue weighted by atomic mass is 10.2. The largest absolute Gasteiger partial charge is 0.493 e. The van der Waals surface area contributed by atoms with Crippen molar-refractivity contribution >= 4 is 21.6 Å². The van der Waals surface area contributed by atoms with Gasteiger partial charge in [0.25, 0.3) is 0 Å². The minimum absolute atomic E-state index is 0.0855. The fraction of sp³-hybridized carbons (Fsp3) is 0.250. The second-order valence-corrected chi connectivity index (χ2v) is 7.88. The number of hydrogen-bond acceptors (Lipinski definition) is 5. The van der Waals surface area contributed by atoms with Crippen LogP contribution in [0, 0.1) is 0 Å². The van der Waals surface area contributed by atoms with Gasteiger partial charge in [-0.05, 0) is 30.3 Å². The summed E-state index contributed by atoms with van der Waals surface area (Å²) in [5, 5.41) is 2.61. The average molecular weight is 404 g/mol. The van der Waals surface area contributed by atoms with Crippen molar-refractivity contribution in [1.29, 1.82) is 0 Å². The van der Waals surface area contributed by atoms with Crippen molar-refractivity contribution in [3.63, 3.8) is 0 Å². The van der Waals surface area contributed by atoms with Crippen LogP contribution in [0.25, 0.3) is 0 Å². The number of methoxy groups -OCH3 is 2. The molecule has 1 N–H and O–H groups in total. The van der Waals surface area contributed by atoms with Crippen molar-refractivity contribution in [1.82, 2.24) is 4.31 Å². The first-order valence-electron chi connectivity index (χ1n) is 8.52. The van der Waals surface area contributed by atoms with E-state index in [9.17, 15) is 13.2 Å². The van der Waals surface area contributed by atoms with Crippen LogP contribution in [-0.4, -0.2) is 39.4 Å². The fourth-order valence-corrected chi connectivity index (χ4v) is 4.11. The molecule has 0 radical (unpaired) electrons. The lowest BCUT2D eigenvalue weighted by Crippen LogP contribution is -2.31. The summed E-state index contributed by atoms with van der Waals surface area (Å²) in [5.74, 6) is 0.778. The third-order valence-corrected chi connectivity index (χ3v) is 5.80. The van der Waals surface area contributed by atoms with Gasteiger partial charge in [-0.25, -0.2) is 8.42 Å². The lowest BCUT2D eigenvalue weighted by Gasteiger charge is -2.22. The van der Waals surface area contributed by atoms with E-state index in [0.29, 0.717) is 22.7 Å². The normalized spacial score (nSPS) is 11.1. The number of sulfonamides is 1. The smallest absolute Gasteiger partial charge is 0.243 e. The lowest BCUT2D eigenvalue weighted by molar-refractivity contribution is -0.114. The fourth-order valence-electron chi connectivity index (χ4n) is 2.72. The Morgan fingerprint density at radius 3 is 2.36 bits per heavy atom. The highest BCUT2D eigenvalue weighted by Gasteiger charge is 2.25. The van der Waals surface area contributed by atoms with E-state index in [-0.39, 0.29) is 23.9 Å². The molecule has 150 valence electrons. The molecule has 2 aromatic carbocycles. The van der Waals surface area contributed by atoms with E-state index in [2.05, 4.69) is 11.9 Å². The summed E-state index contributed by atoms with van der Waals surface area (Å²) in [5.41, 5.74) is 1.19. The van der Waals surface area contributed by atoms with E-state index in [1.807, 2.05) is 0 Å². The van der Waals surface area contributed by atoms with E-state index in [1.165, 1.54) is 43.7 Å². The number of amides is 1. The SMILES string of the molecule is C=CCN(Cc1cccc(OC)c1OC)S(=O)(=O)c1ccc(NC(C)=O)cc1. The molecule has 0 aromatic heterocycles. The summed E-state index contributed by atoms with van der Waals surface area (Å²) in [7, 11) is -0.765. The van der Waals surface area contributed by atoms with E-state index in [4.69, 9.17) is 9.47 Å². The van der Waals surface area contributed by atoms with Crippen LogP contribution < -0.4 is 14.8 Å². The standard InChI is InChI=1S/C20H24N2O5S/c1-5-13-22(14-16-7-6-8-19(26-3)20(16)27-4)28(24,25)18-11-9-17(10-12-18)21-15(2)23/h5-12H,1,13-14H2,2-4H3,(H,21,23). The Balaban J connectivity index is 2.37. The summed E-state index contributed by atoms with van der Waals surface area (Å²) in [6, 6.07) is 11.3.